The van der Waals surface area contributed by atoms with Crippen molar-refractivity contribution in [1.29, 1.82) is 0 Å². The molecule has 2 heterocycles. The number of hydrogen-bond acceptors (Lipinski definition) is 4. The maximum absolute atomic E-state index is 11.3. The molecule has 0 spiro atoms. The van der Waals surface area contributed by atoms with E-state index in [1.807, 2.05) is 13.1 Å². The highest BCUT2D eigenvalue weighted by molar-refractivity contribution is 6.31. The van der Waals surface area contributed by atoms with Gasteiger partial charge in [-0.3, -0.25) is 10.5 Å². The van der Waals surface area contributed by atoms with Gasteiger partial charge in [-0.25, -0.2) is 0 Å². The maximum Gasteiger partial charge on any atom is 0.303 e. The smallest absolute Gasteiger partial charge is 0.303 e. The minimum Gasteiger partial charge on any atom is -0.481 e. The van der Waals surface area contributed by atoms with E-state index < -0.39 is 11.7 Å². The zero-order valence-electron chi connectivity index (χ0n) is 11.9. The summed E-state index contributed by atoms with van der Waals surface area (Å²) in [4.78, 5) is 13.5. The number of nitrogens with two attached hydrogens (primary N) is 1. The largest absolute Gasteiger partial charge is 0.481 e. The van der Waals surface area contributed by atoms with Crippen LogP contribution in [0.3, 0.4) is 0 Å². The second kappa shape index (κ2) is 5.16. The Morgan fingerprint density at radius 2 is 2.38 bits per heavy atom. The van der Waals surface area contributed by atoms with Crippen LogP contribution in [-0.2, 0) is 4.79 Å². The first-order valence-electron chi connectivity index (χ1n) is 7.07. The van der Waals surface area contributed by atoms with Gasteiger partial charge in [0.15, 0.2) is 5.72 Å². The lowest BCUT2D eigenvalue weighted by Crippen LogP contribution is -2.63. The predicted octanol–water partition coefficient (Wildman–Crippen LogP) is 1.90. The van der Waals surface area contributed by atoms with Gasteiger partial charge in [-0.15, -0.1) is 0 Å². The predicted molar refractivity (Wildman–Crippen MR) is 79.6 cm³/mol. The molecule has 0 aromatic heterocycles. The molecule has 3 atom stereocenters. The third-order valence-corrected chi connectivity index (χ3v) is 4.91. The molecule has 1 saturated heterocycles. The molecule has 0 bridgehead atoms. The minimum absolute atomic E-state index is 0.0115. The standard InChI is InChI=1S/C15H19ClN2O3/c1-18-6-5-15(17)10(8-18)9(7-13(19)20)14-11(16)3-2-4-12(14)21-15/h2-4,9-10H,5-8,17H2,1H3,(H,19,20). The average molecular weight is 311 g/mol. The van der Waals surface area contributed by atoms with Crippen molar-refractivity contribution in [2.45, 2.75) is 24.5 Å². The molecule has 3 unspecified atom stereocenters. The molecular formula is C15H19ClN2O3. The third kappa shape index (κ3) is 2.50. The normalized spacial score (nSPS) is 32.0. The molecule has 3 N–H and O–H groups in total. The van der Waals surface area contributed by atoms with Crippen LogP contribution in [0.2, 0.25) is 5.02 Å². The first-order chi connectivity index (χ1) is 9.90. The van der Waals surface area contributed by atoms with Crippen molar-refractivity contribution in [3.05, 3.63) is 28.8 Å². The van der Waals surface area contributed by atoms with Gasteiger partial charge < -0.3 is 14.7 Å². The fourth-order valence-corrected chi connectivity index (χ4v) is 3.84. The molecule has 3 rings (SSSR count). The van der Waals surface area contributed by atoms with Crippen molar-refractivity contribution >= 4 is 17.6 Å². The number of rotatable bonds is 2. The van der Waals surface area contributed by atoms with Gasteiger partial charge in [-0.05, 0) is 19.2 Å². The Morgan fingerprint density at radius 3 is 3.10 bits per heavy atom. The molecule has 1 aromatic rings. The molecule has 0 amide bonds. The van der Waals surface area contributed by atoms with Crippen LogP contribution in [0.25, 0.3) is 0 Å². The molecule has 21 heavy (non-hydrogen) atoms. The highest BCUT2D eigenvalue weighted by Gasteiger charge is 2.50. The maximum atomic E-state index is 11.3. The number of carboxylic acid groups (broad SMARTS) is 1. The number of halogens is 1. The van der Waals surface area contributed by atoms with Gasteiger partial charge in [0.05, 0.1) is 6.42 Å². The van der Waals surface area contributed by atoms with Gasteiger partial charge in [0.2, 0.25) is 0 Å². The van der Waals surface area contributed by atoms with E-state index in [0.29, 0.717) is 23.7 Å². The van der Waals surface area contributed by atoms with Crippen molar-refractivity contribution < 1.29 is 14.6 Å². The van der Waals surface area contributed by atoms with Gasteiger partial charge in [-0.1, -0.05) is 17.7 Å². The number of nitrogens with zero attached hydrogens (tertiary/aromatic N) is 1. The molecule has 114 valence electrons. The monoisotopic (exact) mass is 310 g/mol. The van der Waals surface area contributed by atoms with Crippen LogP contribution < -0.4 is 10.5 Å². The second-order valence-electron chi connectivity index (χ2n) is 6.03. The van der Waals surface area contributed by atoms with Crippen LogP contribution in [0.1, 0.15) is 24.3 Å². The molecule has 2 aliphatic rings. The number of carbonyl (C=O) groups is 1. The first kappa shape index (κ1) is 14.6. The van der Waals surface area contributed by atoms with Crippen LogP contribution in [0.15, 0.2) is 18.2 Å². The third-order valence-electron chi connectivity index (χ3n) is 4.58. The lowest BCUT2D eigenvalue weighted by atomic mass is 9.72. The van der Waals surface area contributed by atoms with E-state index in [0.717, 1.165) is 12.1 Å². The van der Waals surface area contributed by atoms with Crippen LogP contribution in [0.5, 0.6) is 5.75 Å². The van der Waals surface area contributed by atoms with E-state index in [1.165, 1.54) is 0 Å². The summed E-state index contributed by atoms with van der Waals surface area (Å²) in [6.07, 6.45) is 0.688. The summed E-state index contributed by atoms with van der Waals surface area (Å²) < 4.78 is 6.04. The fourth-order valence-electron chi connectivity index (χ4n) is 3.53. The zero-order chi connectivity index (χ0) is 15.2. The molecule has 1 aromatic carbocycles. The molecule has 6 heteroatoms. The highest BCUT2D eigenvalue weighted by Crippen LogP contribution is 2.50. The lowest BCUT2D eigenvalue weighted by molar-refractivity contribution is -0.139. The highest BCUT2D eigenvalue weighted by atomic mass is 35.5. The van der Waals surface area contributed by atoms with E-state index in [4.69, 9.17) is 22.1 Å². The van der Waals surface area contributed by atoms with E-state index in [2.05, 4.69) is 4.90 Å². The van der Waals surface area contributed by atoms with Crippen LogP contribution in [0, 0.1) is 5.92 Å². The quantitative estimate of drug-likeness (QED) is 0.872. The Morgan fingerprint density at radius 1 is 1.62 bits per heavy atom. The van der Waals surface area contributed by atoms with E-state index >= 15 is 0 Å². The lowest BCUT2D eigenvalue weighted by Gasteiger charge is -2.51. The Bertz CT molecular complexity index is 580. The number of fused-ring (bicyclic) bond motifs is 2. The summed E-state index contributed by atoms with van der Waals surface area (Å²) in [6, 6.07) is 5.39. The van der Waals surface area contributed by atoms with E-state index in [1.54, 1.807) is 12.1 Å². The molecule has 5 nitrogen and oxygen atoms in total. The van der Waals surface area contributed by atoms with Crippen LogP contribution in [-0.4, -0.2) is 41.8 Å². The first-order valence-corrected chi connectivity index (χ1v) is 7.45. The van der Waals surface area contributed by atoms with Gasteiger partial charge in [-0.2, -0.15) is 0 Å². The Balaban J connectivity index is 2.09. The van der Waals surface area contributed by atoms with Crippen molar-refractivity contribution in [2.75, 3.05) is 20.1 Å². The van der Waals surface area contributed by atoms with Gasteiger partial charge in [0, 0.05) is 41.9 Å². The summed E-state index contributed by atoms with van der Waals surface area (Å²) in [6.45, 7) is 1.54. The van der Waals surface area contributed by atoms with E-state index in [-0.39, 0.29) is 18.3 Å². The molecule has 0 aliphatic carbocycles. The number of ether oxygens (including phenoxy) is 1. The molecule has 0 radical (unpaired) electrons. The van der Waals surface area contributed by atoms with Gasteiger partial charge in [0.25, 0.3) is 0 Å². The molecule has 0 saturated carbocycles. The average Bonchev–Trinajstić information content (AvgIpc) is 2.39. The Labute approximate surface area is 128 Å². The van der Waals surface area contributed by atoms with Gasteiger partial charge in [0.1, 0.15) is 5.75 Å². The summed E-state index contributed by atoms with van der Waals surface area (Å²) in [5, 5.41) is 9.83. The number of hydrogen-bond donors (Lipinski definition) is 2. The van der Waals surface area contributed by atoms with E-state index in [9.17, 15) is 9.90 Å². The summed E-state index contributed by atoms with van der Waals surface area (Å²) >= 11 is 6.31. The number of likely N-dealkylation sites (tertiary alicyclic amines) is 1. The van der Waals surface area contributed by atoms with Crippen LogP contribution >= 0.6 is 11.6 Å². The summed E-state index contributed by atoms with van der Waals surface area (Å²) in [5.74, 6) is -0.534. The SMILES string of the molecule is CN1CCC2(N)Oc3cccc(Cl)c3C(CC(=O)O)C2C1. The van der Waals surface area contributed by atoms with Crippen molar-refractivity contribution in [2.24, 2.45) is 11.7 Å². The Hall–Kier alpha value is -1.30. The molecule has 2 aliphatic heterocycles. The fraction of sp³-hybridized carbons (Fsp3) is 0.533. The van der Waals surface area contributed by atoms with Gasteiger partial charge >= 0.3 is 5.97 Å². The van der Waals surface area contributed by atoms with Crippen molar-refractivity contribution in [1.82, 2.24) is 4.90 Å². The second-order valence-corrected chi connectivity index (χ2v) is 6.44. The number of aliphatic carboxylic acids is 1. The minimum atomic E-state index is -0.844. The Kier molecular flexibility index (Phi) is 3.59. The summed E-state index contributed by atoms with van der Waals surface area (Å²) in [7, 11) is 2.01. The number of benzene rings is 1. The number of piperidine rings is 1. The van der Waals surface area contributed by atoms with Crippen LogP contribution in [0.4, 0.5) is 0 Å². The van der Waals surface area contributed by atoms with Crippen molar-refractivity contribution in [3.63, 3.8) is 0 Å². The topological polar surface area (TPSA) is 75.8 Å². The number of carboxylic acids is 1. The zero-order valence-corrected chi connectivity index (χ0v) is 12.6. The van der Waals surface area contributed by atoms with Crippen molar-refractivity contribution in [3.8, 4) is 5.75 Å². The summed E-state index contributed by atoms with van der Waals surface area (Å²) in [5.41, 5.74) is 6.44. The molecular weight excluding hydrogens is 292 g/mol. The molecule has 1 fully saturated rings.